The molecule has 0 spiro atoms. The molecule has 0 heterocycles. The van der Waals surface area contributed by atoms with Crippen LogP contribution in [0, 0.1) is 5.92 Å². The summed E-state index contributed by atoms with van der Waals surface area (Å²) in [6.45, 7) is 2.06. The Labute approximate surface area is 82.9 Å². The number of rotatable bonds is 1. The second-order valence-corrected chi connectivity index (χ2v) is 5.81. The van der Waals surface area contributed by atoms with Gasteiger partial charge in [-0.05, 0) is 13.3 Å². The number of carbonyl (C=O) groups excluding carboxylic acids is 1. The third kappa shape index (κ3) is 1.61. The van der Waals surface area contributed by atoms with Crippen LogP contribution in [0.4, 0.5) is 0 Å². The highest BCUT2D eigenvalue weighted by molar-refractivity contribution is 9.12. The number of ether oxygens (including phenoxy) is 1. The van der Waals surface area contributed by atoms with Gasteiger partial charge in [0.05, 0.1) is 13.0 Å². The molecule has 1 aliphatic rings. The van der Waals surface area contributed by atoms with Crippen LogP contribution in [0.1, 0.15) is 13.3 Å². The van der Waals surface area contributed by atoms with Gasteiger partial charge in [-0.2, -0.15) is 0 Å². The van der Waals surface area contributed by atoms with E-state index in [1.54, 1.807) is 0 Å². The third-order valence-corrected chi connectivity index (χ3v) is 5.13. The van der Waals surface area contributed by atoms with E-state index < -0.39 is 0 Å². The lowest BCUT2D eigenvalue weighted by atomic mass is 9.76. The Morgan fingerprint density at radius 1 is 1.73 bits per heavy atom. The van der Waals surface area contributed by atoms with E-state index in [-0.39, 0.29) is 21.0 Å². The first-order chi connectivity index (χ1) is 4.99. The molecule has 3 unspecified atom stereocenters. The van der Waals surface area contributed by atoms with Crippen molar-refractivity contribution in [3.8, 4) is 0 Å². The zero-order valence-electron chi connectivity index (χ0n) is 6.43. The molecule has 11 heavy (non-hydrogen) atoms. The summed E-state index contributed by atoms with van der Waals surface area (Å²) >= 11 is 6.95. The summed E-state index contributed by atoms with van der Waals surface area (Å²) in [5.41, 5.74) is 0. The van der Waals surface area contributed by atoms with Gasteiger partial charge in [-0.25, -0.2) is 0 Å². The van der Waals surface area contributed by atoms with Crippen LogP contribution in [-0.4, -0.2) is 22.2 Å². The fraction of sp³-hybridized carbons (Fsp3) is 0.857. The largest absolute Gasteiger partial charge is 0.469 e. The predicted octanol–water partition coefficient (Wildman–Crippen LogP) is 2.10. The standard InChI is InChI=1S/C7H10Br2O2/c1-7(9)3-4(5(7)8)6(10)11-2/h4-5H,3H2,1-2H3. The predicted molar refractivity (Wildman–Crippen MR) is 50.2 cm³/mol. The molecule has 4 heteroatoms. The molecule has 0 aromatic carbocycles. The minimum atomic E-state index is -0.121. The van der Waals surface area contributed by atoms with Crippen LogP contribution in [0.25, 0.3) is 0 Å². The first kappa shape index (κ1) is 9.52. The molecule has 0 amide bonds. The molecule has 0 radical (unpaired) electrons. The van der Waals surface area contributed by atoms with E-state index in [4.69, 9.17) is 0 Å². The Bertz CT molecular complexity index is 179. The van der Waals surface area contributed by atoms with E-state index in [0.29, 0.717) is 0 Å². The van der Waals surface area contributed by atoms with Crippen molar-refractivity contribution in [2.24, 2.45) is 5.92 Å². The van der Waals surface area contributed by atoms with Crippen LogP contribution in [-0.2, 0) is 9.53 Å². The molecule has 3 atom stereocenters. The number of methoxy groups -OCH3 is 1. The Morgan fingerprint density at radius 2 is 2.27 bits per heavy atom. The minimum absolute atomic E-state index is 0.0179. The third-order valence-electron chi connectivity index (χ3n) is 2.05. The summed E-state index contributed by atoms with van der Waals surface area (Å²) in [5.74, 6) is -0.104. The number of alkyl halides is 2. The zero-order chi connectivity index (χ0) is 8.65. The maximum Gasteiger partial charge on any atom is 0.309 e. The maximum absolute atomic E-state index is 11.0. The monoisotopic (exact) mass is 284 g/mol. The molecule has 64 valence electrons. The van der Waals surface area contributed by atoms with Crippen LogP contribution < -0.4 is 0 Å². The van der Waals surface area contributed by atoms with E-state index in [1.807, 2.05) is 0 Å². The molecular weight excluding hydrogens is 276 g/mol. The van der Waals surface area contributed by atoms with Crippen molar-refractivity contribution >= 4 is 37.8 Å². The second-order valence-electron chi connectivity index (χ2n) is 3.01. The molecule has 0 bridgehead atoms. The summed E-state index contributed by atoms with van der Waals surface area (Å²) in [4.78, 5) is 11.2. The van der Waals surface area contributed by atoms with Crippen molar-refractivity contribution in [2.45, 2.75) is 22.5 Å². The highest BCUT2D eigenvalue weighted by Gasteiger charge is 2.51. The van der Waals surface area contributed by atoms with E-state index in [0.717, 1.165) is 6.42 Å². The highest BCUT2D eigenvalue weighted by Crippen LogP contribution is 2.49. The first-order valence-electron chi connectivity index (χ1n) is 3.40. The van der Waals surface area contributed by atoms with E-state index >= 15 is 0 Å². The summed E-state index contributed by atoms with van der Waals surface area (Å²) in [5, 5.41) is 0. The van der Waals surface area contributed by atoms with Gasteiger partial charge < -0.3 is 4.74 Å². The number of carbonyl (C=O) groups is 1. The van der Waals surface area contributed by atoms with Crippen LogP contribution in [0.5, 0.6) is 0 Å². The first-order valence-corrected chi connectivity index (χ1v) is 5.10. The lowest BCUT2D eigenvalue weighted by Gasteiger charge is -2.44. The summed E-state index contributed by atoms with van der Waals surface area (Å²) < 4.78 is 4.69. The quantitative estimate of drug-likeness (QED) is 0.545. The average Bonchev–Trinajstić information content (AvgIpc) is 1.98. The van der Waals surface area contributed by atoms with Crippen molar-refractivity contribution in [1.29, 1.82) is 0 Å². The molecule has 0 saturated heterocycles. The summed E-state index contributed by atoms with van der Waals surface area (Å²) in [7, 11) is 1.42. The highest BCUT2D eigenvalue weighted by atomic mass is 79.9. The van der Waals surface area contributed by atoms with Crippen LogP contribution in [0.3, 0.4) is 0 Å². The molecule has 0 aliphatic heterocycles. The fourth-order valence-corrected chi connectivity index (χ4v) is 2.52. The van der Waals surface area contributed by atoms with Gasteiger partial charge in [0.2, 0.25) is 0 Å². The van der Waals surface area contributed by atoms with Crippen molar-refractivity contribution in [1.82, 2.24) is 0 Å². The fourth-order valence-electron chi connectivity index (χ4n) is 1.26. The van der Waals surface area contributed by atoms with Gasteiger partial charge in [-0.15, -0.1) is 0 Å². The average molecular weight is 286 g/mol. The van der Waals surface area contributed by atoms with Gasteiger partial charge in [-0.3, -0.25) is 4.79 Å². The number of hydrogen-bond acceptors (Lipinski definition) is 2. The van der Waals surface area contributed by atoms with Gasteiger partial charge in [0, 0.05) is 9.15 Å². The molecule has 0 N–H and O–H groups in total. The van der Waals surface area contributed by atoms with Crippen LogP contribution in [0.2, 0.25) is 0 Å². The maximum atomic E-state index is 11.0. The number of hydrogen-bond donors (Lipinski definition) is 0. The van der Waals surface area contributed by atoms with Crippen molar-refractivity contribution in [2.75, 3.05) is 7.11 Å². The molecule has 0 aromatic rings. The van der Waals surface area contributed by atoms with E-state index in [9.17, 15) is 4.79 Å². The van der Waals surface area contributed by atoms with Gasteiger partial charge in [0.15, 0.2) is 0 Å². The van der Waals surface area contributed by atoms with Crippen molar-refractivity contribution in [3.63, 3.8) is 0 Å². The van der Waals surface area contributed by atoms with Crippen molar-refractivity contribution < 1.29 is 9.53 Å². The summed E-state index contributed by atoms with van der Waals surface area (Å²) in [6.07, 6.45) is 0.843. The SMILES string of the molecule is COC(=O)C1CC(C)(Br)C1Br. The van der Waals surface area contributed by atoms with Gasteiger partial charge in [0.1, 0.15) is 0 Å². The second kappa shape index (κ2) is 3.05. The molecule has 1 rings (SSSR count). The molecule has 1 saturated carbocycles. The smallest absolute Gasteiger partial charge is 0.309 e. The Morgan fingerprint density at radius 3 is 2.55 bits per heavy atom. The Kier molecular flexibility index (Phi) is 2.64. The Hall–Kier alpha value is 0.430. The molecule has 0 aromatic heterocycles. The molecule has 1 aliphatic carbocycles. The van der Waals surface area contributed by atoms with Gasteiger partial charge in [0.25, 0.3) is 0 Å². The minimum Gasteiger partial charge on any atom is -0.469 e. The number of esters is 1. The van der Waals surface area contributed by atoms with Crippen molar-refractivity contribution in [3.05, 3.63) is 0 Å². The Balaban J connectivity index is 2.51. The normalized spacial score (nSPS) is 42.9. The van der Waals surface area contributed by atoms with Crippen LogP contribution in [0.15, 0.2) is 0 Å². The number of halogens is 2. The topological polar surface area (TPSA) is 26.3 Å². The van der Waals surface area contributed by atoms with Gasteiger partial charge >= 0.3 is 5.97 Å². The lowest BCUT2D eigenvalue weighted by molar-refractivity contribution is -0.148. The molecule has 1 fully saturated rings. The van der Waals surface area contributed by atoms with Crippen LogP contribution >= 0.6 is 31.9 Å². The van der Waals surface area contributed by atoms with E-state index in [1.165, 1.54) is 7.11 Å². The summed E-state index contributed by atoms with van der Waals surface area (Å²) in [6, 6.07) is 0. The zero-order valence-corrected chi connectivity index (χ0v) is 9.61. The molecular formula is C7H10Br2O2. The van der Waals surface area contributed by atoms with E-state index in [2.05, 4.69) is 43.5 Å². The van der Waals surface area contributed by atoms with Gasteiger partial charge in [-0.1, -0.05) is 31.9 Å². The molecule has 2 nitrogen and oxygen atoms in total. The lowest BCUT2D eigenvalue weighted by Crippen LogP contribution is -2.52.